The molecule has 0 saturated heterocycles. The van der Waals surface area contributed by atoms with Crippen LogP contribution in [0.15, 0.2) is 59.7 Å². The zero-order valence-corrected chi connectivity index (χ0v) is 18.7. The summed E-state index contributed by atoms with van der Waals surface area (Å²) in [5, 5.41) is 4.26. The predicted octanol–water partition coefficient (Wildman–Crippen LogP) is 5.65. The number of ether oxygens (including phenoxy) is 1. The van der Waals surface area contributed by atoms with Crippen molar-refractivity contribution in [2.24, 2.45) is 5.92 Å². The predicted molar refractivity (Wildman–Crippen MR) is 126 cm³/mol. The molecule has 3 N–H and O–H groups in total. The van der Waals surface area contributed by atoms with Crippen molar-refractivity contribution in [1.82, 2.24) is 15.3 Å². The summed E-state index contributed by atoms with van der Waals surface area (Å²) in [6.45, 7) is 5.98. The van der Waals surface area contributed by atoms with Crippen LogP contribution in [-0.2, 0) is 13.0 Å². The number of nitrogens with one attached hydrogen (secondary N) is 3. The first-order valence-corrected chi connectivity index (χ1v) is 11.0. The van der Waals surface area contributed by atoms with E-state index in [0.717, 1.165) is 47.2 Å². The first-order valence-electron chi connectivity index (χ1n) is 11.0. The van der Waals surface area contributed by atoms with Crippen molar-refractivity contribution in [3.63, 3.8) is 0 Å². The third-order valence-electron chi connectivity index (χ3n) is 5.54. The number of H-pyrrole nitrogens is 2. The van der Waals surface area contributed by atoms with Gasteiger partial charge in [0.25, 0.3) is 5.56 Å². The summed E-state index contributed by atoms with van der Waals surface area (Å²) in [4.78, 5) is 17.8. The van der Waals surface area contributed by atoms with Crippen molar-refractivity contribution >= 4 is 10.9 Å². The number of rotatable bonds is 9. The fourth-order valence-corrected chi connectivity index (χ4v) is 3.76. The topological polar surface area (TPSA) is 69.9 Å². The van der Waals surface area contributed by atoms with Gasteiger partial charge in [-0.1, -0.05) is 26.0 Å². The van der Waals surface area contributed by atoms with Crippen LogP contribution in [0.2, 0.25) is 0 Å². The van der Waals surface area contributed by atoms with Gasteiger partial charge < -0.3 is 20.0 Å². The second-order valence-electron chi connectivity index (χ2n) is 8.56. The van der Waals surface area contributed by atoms with Crippen molar-refractivity contribution in [3.05, 3.63) is 93.5 Å². The van der Waals surface area contributed by atoms with E-state index >= 15 is 0 Å². The van der Waals surface area contributed by atoms with E-state index in [9.17, 15) is 13.6 Å². The average molecular weight is 452 g/mol. The molecule has 0 saturated carbocycles. The molecule has 2 heterocycles. The summed E-state index contributed by atoms with van der Waals surface area (Å²) >= 11 is 0. The van der Waals surface area contributed by atoms with Crippen LogP contribution in [0.4, 0.5) is 8.78 Å². The third kappa shape index (κ3) is 5.49. The van der Waals surface area contributed by atoms with Crippen LogP contribution >= 0.6 is 0 Å². The number of aromatic nitrogens is 2. The van der Waals surface area contributed by atoms with Crippen LogP contribution in [-0.4, -0.2) is 16.5 Å². The van der Waals surface area contributed by atoms with E-state index < -0.39 is 11.6 Å². The van der Waals surface area contributed by atoms with Gasteiger partial charge >= 0.3 is 0 Å². The van der Waals surface area contributed by atoms with E-state index in [-0.39, 0.29) is 11.3 Å². The molecule has 2 aromatic carbocycles. The molecule has 7 heteroatoms. The highest BCUT2D eigenvalue weighted by Crippen LogP contribution is 2.31. The molecule has 5 nitrogen and oxygen atoms in total. The molecule has 4 aromatic rings. The normalized spacial score (nSPS) is 11.4. The molecule has 0 amide bonds. The lowest BCUT2D eigenvalue weighted by Gasteiger charge is -2.14. The highest BCUT2D eigenvalue weighted by atomic mass is 19.1. The minimum absolute atomic E-state index is 0.0455. The van der Waals surface area contributed by atoms with E-state index in [1.165, 1.54) is 6.07 Å². The van der Waals surface area contributed by atoms with Crippen LogP contribution < -0.4 is 15.6 Å². The molecule has 0 radical (unpaired) electrons. The van der Waals surface area contributed by atoms with Gasteiger partial charge in [-0.15, -0.1) is 0 Å². The molecule has 33 heavy (non-hydrogen) atoms. The van der Waals surface area contributed by atoms with Gasteiger partial charge in [0, 0.05) is 36.8 Å². The molecule has 0 fully saturated rings. The van der Waals surface area contributed by atoms with Gasteiger partial charge in [-0.25, -0.2) is 8.78 Å². The Bertz CT molecular complexity index is 1310. The molecular weight excluding hydrogens is 424 g/mol. The van der Waals surface area contributed by atoms with Crippen molar-refractivity contribution in [2.75, 3.05) is 6.54 Å². The largest absolute Gasteiger partial charge is 0.454 e. The summed E-state index contributed by atoms with van der Waals surface area (Å²) in [5.74, 6) is -0.369. The zero-order valence-electron chi connectivity index (χ0n) is 18.7. The summed E-state index contributed by atoms with van der Waals surface area (Å²) in [5.41, 5.74) is 3.14. The quantitative estimate of drug-likeness (QED) is 0.288. The fraction of sp³-hybridized carbons (Fsp3) is 0.269. The van der Waals surface area contributed by atoms with Crippen LogP contribution in [0.5, 0.6) is 11.5 Å². The number of hydrogen-bond acceptors (Lipinski definition) is 3. The van der Waals surface area contributed by atoms with Crippen LogP contribution in [0.1, 0.15) is 37.0 Å². The fourth-order valence-electron chi connectivity index (χ4n) is 3.76. The summed E-state index contributed by atoms with van der Waals surface area (Å²) in [6.07, 6.45) is 4.97. The molecule has 0 aliphatic heterocycles. The number of fused-ring (bicyclic) bond motifs is 1. The lowest BCUT2D eigenvalue weighted by Crippen LogP contribution is -2.16. The maximum atomic E-state index is 14.2. The standard InChI is InChI=1S/C26H27F2N3O2/c1-16(2)7-9-29-14-17-3-5-23(33-24-6-4-20(27)13-22(24)28)18(11-17)12-19-15-31-25-21(19)8-10-30-26(25)32/h3-6,8,10-11,13,15-16,29,31H,7,9,12,14H2,1-2H3,(H,30,32). The second kappa shape index (κ2) is 10.0. The highest BCUT2D eigenvalue weighted by molar-refractivity contribution is 5.82. The summed E-state index contributed by atoms with van der Waals surface area (Å²) in [7, 11) is 0. The Morgan fingerprint density at radius 2 is 1.82 bits per heavy atom. The summed E-state index contributed by atoms with van der Waals surface area (Å²) in [6, 6.07) is 10.8. The lowest BCUT2D eigenvalue weighted by atomic mass is 10.0. The maximum absolute atomic E-state index is 14.2. The van der Waals surface area contributed by atoms with E-state index in [1.54, 1.807) is 18.5 Å². The van der Waals surface area contributed by atoms with E-state index in [4.69, 9.17) is 4.74 Å². The molecule has 2 aromatic heterocycles. The molecular formula is C26H27F2N3O2. The third-order valence-corrected chi connectivity index (χ3v) is 5.54. The van der Waals surface area contributed by atoms with Crippen molar-refractivity contribution in [2.45, 2.75) is 33.2 Å². The van der Waals surface area contributed by atoms with E-state index in [1.807, 2.05) is 18.2 Å². The number of pyridine rings is 1. The van der Waals surface area contributed by atoms with Gasteiger partial charge in [0.1, 0.15) is 17.1 Å². The minimum atomic E-state index is -0.765. The zero-order chi connectivity index (χ0) is 23.4. The van der Waals surface area contributed by atoms with Gasteiger partial charge in [-0.2, -0.15) is 0 Å². The van der Waals surface area contributed by atoms with Crippen molar-refractivity contribution < 1.29 is 13.5 Å². The van der Waals surface area contributed by atoms with E-state index in [0.29, 0.717) is 30.1 Å². The van der Waals surface area contributed by atoms with Crippen molar-refractivity contribution in [3.8, 4) is 11.5 Å². The smallest absolute Gasteiger partial charge is 0.272 e. The van der Waals surface area contributed by atoms with Gasteiger partial charge in [-0.3, -0.25) is 4.79 Å². The Kier molecular flexibility index (Phi) is 6.89. The average Bonchev–Trinajstić information content (AvgIpc) is 3.18. The molecule has 172 valence electrons. The Labute approximate surface area is 190 Å². The van der Waals surface area contributed by atoms with Crippen LogP contribution in [0.3, 0.4) is 0 Å². The van der Waals surface area contributed by atoms with Crippen LogP contribution in [0, 0.1) is 17.6 Å². The second-order valence-corrected chi connectivity index (χ2v) is 8.56. The Balaban J connectivity index is 1.64. The Morgan fingerprint density at radius 3 is 2.61 bits per heavy atom. The first-order chi connectivity index (χ1) is 15.9. The Morgan fingerprint density at radius 1 is 1.00 bits per heavy atom. The van der Waals surface area contributed by atoms with Gasteiger partial charge in [0.05, 0.1) is 0 Å². The maximum Gasteiger partial charge on any atom is 0.272 e. The number of aromatic amines is 2. The first kappa shape index (κ1) is 22.7. The van der Waals surface area contributed by atoms with Gasteiger partial charge in [0.2, 0.25) is 0 Å². The monoisotopic (exact) mass is 451 g/mol. The molecule has 0 bridgehead atoms. The number of halogens is 2. The number of hydrogen-bond donors (Lipinski definition) is 3. The molecule has 0 atom stereocenters. The molecule has 0 unspecified atom stereocenters. The van der Waals surface area contributed by atoms with Crippen LogP contribution in [0.25, 0.3) is 10.9 Å². The SMILES string of the molecule is CC(C)CCNCc1ccc(Oc2ccc(F)cc2F)c(Cc2c[nH]c3c(=O)[nH]ccc23)c1. The molecule has 4 rings (SSSR count). The highest BCUT2D eigenvalue weighted by Gasteiger charge is 2.14. The molecule has 0 aliphatic carbocycles. The lowest BCUT2D eigenvalue weighted by molar-refractivity contribution is 0.434. The van der Waals surface area contributed by atoms with Gasteiger partial charge in [0.15, 0.2) is 11.6 Å². The molecule has 0 aliphatic rings. The summed E-state index contributed by atoms with van der Waals surface area (Å²) < 4.78 is 33.4. The molecule has 0 spiro atoms. The minimum Gasteiger partial charge on any atom is -0.454 e. The van der Waals surface area contributed by atoms with Crippen molar-refractivity contribution in [1.29, 1.82) is 0 Å². The number of benzene rings is 2. The van der Waals surface area contributed by atoms with E-state index in [2.05, 4.69) is 29.1 Å². The Hall–Kier alpha value is -3.45. The van der Waals surface area contributed by atoms with Gasteiger partial charge in [-0.05, 0) is 59.8 Å².